The van der Waals surface area contributed by atoms with Gasteiger partial charge in [0.1, 0.15) is 4.93 Å². The van der Waals surface area contributed by atoms with Crippen LogP contribution in [0.5, 0.6) is 0 Å². The van der Waals surface area contributed by atoms with Gasteiger partial charge in [0.05, 0.1) is 0 Å². The lowest BCUT2D eigenvalue weighted by Crippen LogP contribution is -2.19. The van der Waals surface area contributed by atoms with Gasteiger partial charge in [-0.15, -0.1) is 12.6 Å². The largest absolute Gasteiger partial charge is 0.380 e. The van der Waals surface area contributed by atoms with E-state index in [-0.39, 0.29) is 0 Å². The summed E-state index contributed by atoms with van der Waals surface area (Å²) in [4.78, 5) is -0.662. The van der Waals surface area contributed by atoms with Crippen LogP contribution in [0, 0.1) is 0 Å². The smallest absolute Gasteiger partial charge is 0.107 e. The van der Waals surface area contributed by atoms with E-state index in [1.807, 2.05) is 0 Å². The zero-order valence-electron chi connectivity index (χ0n) is 7.05. The Kier molecular flexibility index (Phi) is 3.73. The van der Waals surface area contributed by atoms with E-state index >= 15 is 0 Å². The Bertz CT molecular complexity index is 100. The molecule has 66 valence electrons. The fourth-order valence-corrected chi connectivity index (χ4v) is 1.96. The Morgan fingerprint density at radius 2 is 1.18 bits per heavy atom. The second-order valence-electron chi connectivity index (χ2n) is 3.60. The molecule has 0 aromatic rings. The molecule has 1 aliphatic rings. The molecule has 1 rings (SSSR count). The monoisotopic (exact) mass is 174 g/mol. The molecule has 2 heteroatoms. The third-order valence-electron chi connectivity index (χ3n) is 2.40. The number of hydrogen-bond donors (Lipinski definition) is 2. The summed E-state index contributed by atoms with van der Waals surface area (Å²) < 4.78 is 0. The highest BCUT2D eigenvalue weighted by molar-refractivity contribution is 7.81. The molecule has 0 aromatic heterocycles. The van der Waals surface area contributed by atoms with Gasteiger partial charge in [-0.2, -0.15) is 0 Å². The summed E-state index contributed by atoms with van der Waals surface area (Å²) in [5.74, 6) is 0. The number of hydrogen-bond acceptors (Lipinski definition) is 2. The minimum Gasteiger partial charge on any atom is -0.380 e. The summed E-state index contributed by atoms with van der Waals surface area (Å²) >= 11 is 4.24. The molecule has 0 heterocycles. The van der Waals surface area contributed by atoms with Gasteiger partial charge in [0.2, 0.25) is 0 Å². The summed E-state index contributed by atoms with van der Waals surface area (Å²) in [6, 6.07) is 0. The molecule has 0 aromatic carbocycles. The van der Waals surface area contributed by atoms with Crippen LogP contribution in [0.1, 0.15) is 51.4 Å². The summed E-state index contributed by atoms with van der Waals surface area (Å²) in [5.41, 5.74) is 0. The predicted octanol–water partition coefficient (Wildman–Crippen LogP) is 2.74. The molecule has 11 heavy (non-hydrogen) atoms. The lowest BCUT2D eigenvalue weighted by molar-refractivity contribution is 0.116. The zero-order chi connectivity index (χ0) is 8.16. The summed E-state index contributed by atoms with van der Waals surface area (Å²) in [6.07, 6.45) is 9.23. The van der Waals surface area contributed by atoms with E-state index in [0.29, 0.717) is 0 Å². The number of rotatable bonds is 0. The Morgan fingerprint density at radius 1 is 0.818 bits per heavy atom. The molecular weight excluding hydrogens is 156 g/mol. The van der Waals surface area contributed by atoms with Crippen molar-refractivity contribution in [3.63, 3.8) is 0 Å². The average Bonchev–Trinajstić information content (AvgIpc) is 2.00. The van der Waals surface area contributed by atoms with Crippen LogP contribution >= 0.6 is 12.6 Å². The highest BCUT2D eigenvalue weighted by Gasteiger charge is 2.20. The van der Waals surface area contributed by atoms with Crippen molar-refractivity contribution in [3.05, 3.63) is 0 Å². The summed E-state index contributed by atoms with van der Waals surface area (Å²) in [5, 5.41) is 9.67. The standard InChI is InChI=1S/C9H18OS/c10-9(11)7-5-3-1-2-4-6-8-9/h10-11H,1-8H2. The maximum Gasteiger partial charge on any atom is 0.107 e. The maximum absolute atomic E-state index is 9.67. The van der Waals surface area contributed by atoms with Crippen molar-refractivity contribution in [2.24, 2.45) is 0 Å². The van der Waals surface area contributed by atoms with E-state index in [2.05, 4.69) is 12.6 Å². The van der Waals surface area contributed by atoms with Crippen LogP contribution in [0.15, 0.2) is 0 Å². The molecule has 1 nitrogen and oxygen atoms in total. The van der Waals surface area contributed by atoms with Crippen LogP contribution in [0.4, 0.5) is 0 Å². The van der Waals surface area contributed by atoms with Crippen LogP contribution in [0.2, 0.25) is 0 Å². The molecular formula is C9H18OS. The third-order valence-corrected chi connectivity index (χ3v) is 2.85. The van der Waals surface area contributed by atoms with E-state index in [4.69, 9.17) is 0 Å². The van der Waals surface area contributed by atoms with E-state index in [1.54, 1.807) is 0 Å². The topological polar surface area (TPSA) is 20.2 Å². The van der Waals surface area contributed by atoms with Gasteiger partial charge in [0.25, 0.3) is 0 Å². The van der Waals surface area contributed by atoms with E-state index in [0.717, 1.165) is 25.7 Å². The Labute approximate surface area is 74.6 Å². The highest BCUT2D eigenvalue weighted by atomic mass is 32.1. The third kappa shape index (κ3) is 4.02. The molecule has 1 aliphatic carbocycles. The first-order chi connectivity index (χ1) is 5.21. The van der Waals surface area contributed by atoms with Gasteiger partial charge < -0.3 is 5.11 Å². The van der Waals surface area contributed by atoms with Gasteiger partial charge in [0.15, 0.2) is 0 Å². The first-order valence-corrected chi connectivity index (χ1v) is 5.10. The maximum atomic E-state index is 9.67. The zero-order valence-corrected chi connectivity index (χ0v) is 7.95. The minimum absolute atomic E-state index is 0.662. The molecule has 0 unspecified atom stereocenters. The van der Waals surface area contributed by atoms with Crippen LogP contribution in [-0.2, 0) is 0 Å². The molecule has 0 amide bonds. The van der Waals surface area contributed by atoms with Gasteiger partial charge in [-0.3, -0.25) is 0 Å². The Hall–Kier alpha value is 0.310. The molecule has 0 bridgehead atoms. The van der Waals surface area contributed by atoms with Crippen molar-refractivity contribution in [1.82, 2.24) is 0 Å². The average molecular weight is 174 g/mol. The van der Waals surface area contributed by atoms with Crippen molar-refractivity contribution >= 4 is 12.6 Å². The molecule has 1 saturated carbocycles. The summed E-state index contributed by atoms with van der Waals surface area (Å²) in [7, 11) is 0. The predicted molar refractivity (Wildman–Crippen MR) is 50.9 cm³/mol. The first-order valence-electron chi connectivity index (χ1n) is 4.65. The van der Waals surface area contributed by atoms with Crippen molar-refractivity contribution in [2.45, 2.75) is 56.3 Å². The first kappa shape index (κ1) is 9.40. The Balaban J connectivity index is 2.31. The van der Waals surface area contributed by atoms with Crippen molar-refractivity contribution in [3.8, 4) is 0 Å². The summed E-state index contributed by atoms with van der Waals surface area (Å²) in [6.45, 7) is 0. The molecule has 0 atom stereocenters. The fourth-order valence-electron chi connectivity index (χ4n) is 1.65. The van der Waals surface area contributed by atoms with Gasteiger partial charge in [-0.1, -0.05) is 25.7 Å². The molecule has 1 N–H and O–H groups in total. The van der Waals surface area contributed by atoms with Crippen LogP contribution in [0.3, 0.4) is 0 Å². The van der Waals surface area contributed by atoms with Crippen molar-refractivity contribution < 1.29 is 5.11 Å². The number of thiol groups is 1. The van der Waals surface area contributed by atoms with Crippen LogP contribution < -0.4 is 0 Å². The normalized spacial score (nSPS) is 26.7. The lowest BCUT2D eigenvalue weighted by Gasteiger charge is -2.20. The fraction of sp³-hybridized carbons (Fsp3) is 1.00. The molecule has 0 spiro atoms. The number of aliphatic hydroxyl groups is 1. The highest BCUT2D eigenvalue weighted by Crippen LogP contribution is 2.28. The van der Waals surface area contributed by atoms with Gasteiger partial charge in [-0.05, 0) is 25.7 Å². The molecule has 0 aliphatic heterocycles. The SMILES string of the molecule is OC1(S)CCCCCCCC1. The van der Waals surface area contributed by atoms with Crippen LogP contribution in [0.25, 0.3) is 0 Å². The van der Waals surface area contributed by atoms with Crippen LogP contribution in [-0.4, -0.2) is 10.0 Å². The second kappa shape index (κ2) is 4.36. The minimum atomic E-state index is -0.662. The van der Waals surface area contributed by atoms with Crippen molar-refractivity contribution in [2.75, 3.05) is 0 Å². The van der Waals surface area contributed by atoms with Gasteiger partial charge in [-0.25, -0.2) is 0 Å². The molecule has 1 fully saturated rings. The second-order valence-corrected chi connectivity index (χ2v) is 4.44. The van der Waals surface area contributed by atoms with E-state index in [1.165, 1.54) is 25.7 Å². The van der Waals surface area contributed by atoms with Gasteiger partial charge in [0, 0.05) is 0 Å². The van der Waals surface area contributed by atoms with E-state index in [9.17, 15) is 5.11 Å². The Morgan fingerprint density at radius 3 is 1.64 bits per heavy atom. The molecule has 0 radical (unpaired) electrons. The molecule has 0 saturated heterocycles. The van der Waals surface area contributed by atoms with Gasteiger partial charge >= 0.3 is 0 Å². The van der Waals surface area contributed by atoms with E-state index < -0.39 is 4.93 Å². The lowest BCUT2D eigenvalue weighted by atomic mass is 10.1. The quantitative estimate of drug-likeness (QED) is 0.427. The van der Waals surface area contributed by atoms with Crippen molar-refractivity contribution in [1.29, 1.82) is 0 Å².